The van der Waals surface area contributed by atoms with E-state index < -0.39 is 10.0 Å². The fourth-order valence-corrected chi connectivity index (χ4v) is 2.08. The molecule has 0 radical (unpaired) electrons. The molecule has 0 bridgehead atoms. The molecule has 1 aliphatic rings. The van der Waals surface area contributed by atoms with Crippen LogP contribution < -0.4 is 5.32 Å². The first-order valence-electron chi connectivity index (χ1n) is 3.70. The van der Waals surface area contributed by atoms with E-state index in [1.54, 1.807) is 12.3 Å². The van der Waals surface area contributed by atoms with Gasteiger partial charge in [-0.25, -0.2) is 12.4 Å². The lowest BCUT2D eigenvalue weighted by Gasteiger charge is -2.03. The molecule has 66 valence electrons. The third-order valence-corrected chi connectivity index (χ3v) is 2.91. The first-order chi connectivity index (χ1) is 5.59. The van der Waals surface area contributed by atoms with Gasteiger partial charge in [0.05, 0.1) is 18.0 Å². The summed E-state index contributed by atoms with van der Waals surface area (Å²) in [5.74, 6) is 0. The van der Waals surface area contributed by atoms with Gasteiger partial charge in [-0.2, -0.15) is 0 Å². The molecule has 1 fully saturated rings. The first kappa shape index (κ1) is 7.82. The monoisotopic (exact) mass is 186 g/mol. The Morgan fingerprint density at radius 3 is 2.83 bits per heavy atom. The molecule has 1 saturated heterocycles. The molecule has 12 heavy (non-hydrogen) atoms. The predicted molar refractivity (Wildman–Crippen MR) is 45.4 cm³/mol. The van der Waals surface area contributed by atoms with Crippen LogP contribution >= 0.6 is 0 Å². The molecular weight excluding hydrogens is 176 g/mol. The molecule has 4 nitrogen and oxygen atoms in total. The number of aromatic nitrogens is 1. The number of hydrogen-bond donors (Lipinski definition) is 1. The second-order valence-corrected chi connectivity index (χ2v) is 4.81. The van der Waals surface area contributed by atoms with Gasteiger partial charge in [-0.05, 0) is 12.1 Å². The molecule has 1 aromatic heterocycles. The molecule has 1 aromatic rings. The minimum atomic E-state index is -3.12. The Morgan fingerprint density at radius 1 is 1.67 bits per heavy atom. The van der Waals surface area contributed by atoms with Crippen LogP contribution in [0.5, 0.6) is 0 Å². The zero-order chi connectivity index (χ0) is 8.77. The number of rotatable bonds is 2. The molecule has 2 heterocycles. The maximum Gasteiger partial charge on any atom is 0.235 e. The Balaban J connectivity index is 2.49. The summed E-state index contributed by atoms with van der Waals surface area (Å²) in [5, 5.41) is 3.06. The second kappa shape index (κ2) is 2.34. The average Bonchev–Trinajstić information content (AvgIpc) is 2.65. The molecule has 5 heteroatoms. The average molecular weight is 186 g/mol. The Hall–Kier alpha value is -0.810. The largest absolute Gasteiger partial charge is 0.306 e. The third kappa shape index (κ3) is 1.25. The lowest BCUT2D eigenvalue weighted by atomic mass is 10.3. The smallest absolute Gasteiger partial charge is 0.235 e. The Morgan fingerprint density at radius 2 is 2.33 bits per heavy atom. The van der Waals surface area contributed by atoms with Crippen LogP contribution in [-0.4, -0.2) is 25.2 Å². The van der Waals surface area contributed by atoms with Crippen LogP contribution in [0.2, 0.25) is 0 Å². The highest BCUT2D eigenvalue weighted by Gasteiger charge is 2.27. The van der Waals surface area contributed by atoms with Crippen LogP contribution in [0.25, 0.3) is 0 Å². The molecule has 0 unspecified atom stereocenters. The van der Waals surface area contributed by atoms with Gasteiger partial charge < -0.3 is 5.32 Å². The van der Waals surface area contributed by atoms with Gasteiger partial charge in [0.2, 0.25) is 10.0 Å². The molecule has 0 saturated carbocycles. The molecular formula is C7H10N2O2S. The van der Waals surface area contributed by atoms with Gasteiger partial charge in [-0.1, -0.05) is 0 Å². The van der Waals surface area contributed by atoms with E-state index in [-0.39, 0.29) is 6.04 Å². The van der Waals surface area contributed by atoms with E-state index in [4.69, 9.17) is 0 Å². The molecule has 2 rings (SSSR count). The highest BCUT2D eigenvalue weighted by molar-refractivity contribution is 7.89. The molecule has 0 aliphatic carbocycles. The van der Waals surface area contributed by atoms with Crippen molar-refractivity contribution in [3.8, 4) is 0 Å². The molecule has 0 aromatic carbocycles. The summed E-state index contributed by atoms with van der Waals surface area (Å²) in [6, 6.07) is 3.80. The van der Waals surface area contributed by atoms with Gasteiger partial charge in [0.1, 0.15) is 0 Å². The zero-order valence-corrected chi connectivity index (χ0v) is 7.50. The van der Waals surface area contributed by atoms with Crippen molar-refractivity contribution < 1.29 is 8.42 Å². The van der Waals surface area contributed by atoms with Crippen molar-refractivity contribution in [3.05, 3.63) is 24.0 Å². The summed E-state index contributed by atoms with van der Waals surface area (Å²) in [5.41, 5.74) is 0.831. The highest BCUT2D eigenvalue weighted by atomic mass is 32.2. The number of hydrogen-bond acceptors (Lipinski definition) is 3. The molecule has 1 N–H and O–H groups in total. The quantitative estimate of drug-likeness (QED) is 0.658. The summed E-state index contributed by atoms with van der Waals surface area (Å²) in [7, 11) is -3.12. The summed E-state index contributed by atoms with van der Waals surface area (Å²) in [6.07, 6.45) is 2.78. The third-order valence-electron chi connectivity index (χ3n) is 1.87. The van der Waals surface area contributed by atoms with Gasteiger partial charge in [-0.15, -0.1) is 0 Å². The molecule has 1 aliphatic heterocycles. The Kier molecular flexibility index (Phi) is 1.52. The molecule has 0 spiro atoms. The summed E-state index contributed by atoms with van der Waals surface area (Å²) >= 11 is 0. The Bertz CT molecular complexity index is 389. The van der Waals surface area contributed by atoms with Crippen LogP contribution in [-0.2, 0) is 10.0 Å². The van der Waals surface area contributed by atoms with E-state index in [0.29, 0.717) is 0 Å². The van der Waals surface area contributed by atoms with E-state index >= 15 is 0 Å². The number of nitrogens with zero attached hydrogens (tertiary/aromatic N) is 1. The van der Waals surface area contributed by atoms with E-state index in [9.17, 15) is 8.42 Å². The van der Waals surface area contributed by atoms with Crippen molar-refractivity contribution in [2.75, 3.05) is 12.8 Å². The van der Waals surface area contributed by atoms with Crippen molar-refractivity contribution in [1.29, 1.82) is 0 Å². The lowest BCUT2D eigenvalue weighted by molar-refractivity contribution is 0.591. The fourth-order valence-electron chi connectivity index (χ4n) is 1.22. The van der Waals surface area contributed by atoms with E-state index in [2.05, 4.69) is 5.32 Å². The Labute approximate surface area is 71.3 Å². The summed E-state index contributed by atoms with van der Waals surface area (Å²) in [6.45, 7) is 0.875. The highest BCUT2D eigenvalue weighted by Crippen LogP contribution is 2.22. The van der Waals surface area contributed by atoms with Gasteiger partial charge in [0.25, 0.3) is 0 Å². The van der Waals surface area contributed by atoms with Crippen LogP contribution in [0, 0.1) is 0 Å². The van der Waals surface area contributed by atoms with Gasteiger partial charge in [-0.3, -0.25) is 0 Å². The van der Waals surface area contributed by atoms with E-state index in [1.165, 1.54) is 10.2 Å². The minimum Gasteiger partial charge on any atom is -0.306 e. The normalized spacial score (nSPS) is 22.6. The summed E-state index contributed by atoms with van der Waals surface area (Å²) < 4.78 is 23.7. The lowest BCUT2D eigenvalue weighted by Crippen LogP contribution is -2.12. The minimum absolute atomic E-state index is 0.231. The maximum absolute atomic E-state index is 11.2. The van der Waals surface area contributed by atoms with Crippen molar-refractivity contribution in [3.63, 3.8) is 0 Å². The standard InChI is InChI=1S/C7H10N2O2S/c1-12(10,11)9-4-2-3-7(9)6-5-8-6/h2-4,6,8H,5H2,1H3/t6-/m1/s1. The van der Waals surface area contributed by atoms with Crippen molar-refractivity contribution >= 4 is 10.0 Å². The van der Waals surface area contributed by atoms with Crippen LogP contribution in [0.15, 0.2) is 18.3 Å². The van der Waals surface area contributed by atoms with Crippen LogP contribution in [0.3, 0.4) is 0 Å². The van der Waals surface area contributed by atoms with Crippen LogP contribution in [0.4, 0.5) is 0 Å². The van der Waals surface area contributed by atoms with Crippen molar-refractivity contribution in [1.82, 2.24) is 9.29 Å². The topological polar surface area (TPSA) is 61.0 Å². The molecule has 0 amide bonds. The zero-order valence-electron chi connectivity index (χ0n) is 6.69. The first-order valence-corrected chi connectivity index (χ1v) is 5.55. The van der Waals surface area contributed by atoms with Gasteiger partial charge >= 0.3 is 0 Å². The van der Waals surface area contributed by atoms with Gasteiger partial charge in [0, 0.05) is 12.7 Å². The SMILES string of the molecule is CS(=O)(=O)n1cccc1[C@H]1CN1. The number of nitrogens with one attached hydrogen (secondary N) is 1. The summed E-state index contributed by atoms with van der Waals surface area (Å²) in [4.78, 5) is 0. The fraction of sp³-hybridized carbons (Fsp3) is 0.429. The van der Waals surface area contributed by atoms with Crippen LogP contribution in [0.1, 0.15) is 11.7 Å². The second-order valence-electron chi connectivity index (χ2n) is 2.95. The predicted octanol–water partition coefficient (Wildman–Crippen LogP) is -0.0599. The maximum atomic E-state index is 11.2. The van der Waals surface area contributed by atoms with Crippen molar-refractivity contribution in [2.24, 2.45) is 0 Å². The van der Waals surface area contributed by atoms with E-state index in [0.717, 1.165) is 12.2 Å². The molecule has 1 atom stereocenters. The van der Waals surface area contributed by atoms with Gasteiger partial charge in [0.15, 0.2) is 0 Å². The van der Waals surface area contributed by atoms with Crippen molar-refractivity contribution in [2.45, 2.75) is 6.04 Å². The van der Waals surface area contributed by atoms with E-state index in [1.807, 2.05) is 6.07 Å².